The maximum absolute atomic E-state index is 5.44. The molecule has 18 heavy (non-hydrogen) atoms. The lowest BCUT2D eigenvalue weighted by atomic mass is 10.1. The van der Waals surface area contributed by atoms with Crippen LogP contribution in [-0.2, 0) is 13.3 Å². The largest absolute Gasteiger partial charge is 0.500 e. The van der Waals surface area contributed by atoms with Crippen molar-refractivity contribution in [2.45, 2.75) is 38.1 Å². The van der Waals surface area contributed by atoms with E-state index >= 15 is 0 Å². The minimum Gasteiger partial charge on any atom is -0.377 e. The summed E-state index contributed by atoms with van der Waals surface area (Å²) in [7, 11) is 5.14. The van der Waals surface area contributed by atoms with Crippen molar-refractivity contribution in [1.82, 2.24) is 0 Å². The molecule has 0 spiro atoms. The van der Waals surface area contributed by atoms with E-state index in [4.69, 9.17) is 13.3 Å². The second-order valence-corrected chi connectivity index (χ2v) is 8.69. The van der Waals surface area contributed by atoms with Gasteiger partial charge in [-0.15, -0.1) is 0 Å². The summed E-state index contributed by atoms with van der Waals surface area (Å²) >= 11 is 0. The molecule has 0 aromatic carbocycles. The van der Waals surface area contributed by atoms with Crippen molar-refractivity contribution in [1.29, 1.82) is 0 Å². The molecule has 0 atom stereocenters. The van der Waals surface area contributed by atoms with Gasteiger partial charge in [0, 0.05) is 27.4 Å². The Bertz CT molecular complexity index is 220. The molecule has 5 heteroatoms. The fourth-order valence-electron chi connectivity index (χ4n) is 2.89. The molecule has 0 N–H and O–H groups in total. The maximum Gasteiger partial charge on any atom is 0.500 e. The minimum absolute atomic E-state index is 0.927. The fourth-order valence-corrected chi connectivity index (χ4v) is 4.69. The van der Waals surface area contributed by atoms with Crippen molar-refractivity contribution in [3.63, 3.8) is 0 Å². The summed E-state index contributed by atoms with van der Waals surface area (Å²) in [6, 6.07) is 0.927. The number of rotatable bonds is 8. The fraction of sp³-hybridized carbons (Fsp3) is 1.00. The molecule has 0 saturated carbocycles. The van der Waals surface area contributed by atoms with Crippen LogP contribution in [0.3, 0.4) is 0 Å². The standard InChI is InChI=1S/C13H30NO3Si/c1-14(10-6-5-7-11-14)12-8-9-13-18(15-2,16-3)17-4/h5-13H2,1-4H3/q+1. The van der Waals surface area contributed by atoms with Gasteiger partial charge in [0.05, 0.1) is 26.7 Å². The Kier molecular flexibility index (Phi) is 6.80. The van der Waals surface area contributed by atoms with Gasteiger partial charge in [-0.2, -0.15) is 0 Å². The zero-order valence-electron chi connectivity index (χ0n) is 12.5. The van der Waals surface area contributed by atoms with E-state index in [1.807, 2.05) is 0 Å². The zero-order chi connectivity index (χ0) is 13.5. The van der Waals surface area contributed by atoms with Gasteiger partial charge < -0.3 is 17.8 Å². The summed E-state index contributed by atoms with van der Waals surface area (Å²) in [4.78, 5) is 0. The predicted octanol–water partition coefficient (Wildman–Crippen LogP) is 2.28. The molecule has 0 aliphatic carbocycles. The van der Waals surface area contributed by atoms with Crippen LogP contribution in [0.5, 0.6) is 0 Å². The van der Waals surface area contributed by atoms with Gasteiger partial charge in [-0.25, -0.2) is 0 Å². The van der Waals surface area contributed by atoms with Crippen LogP contribution in [0.25, 0.3) is 0 Å². The first-order valence-electron chi connectivity index (χ1n) is 7.09. The molecule has 1 heterocycles. The smallest absolute Gasteiger partial charge is 0.377 e. The Hall–Kier alpha value is 0.0569. The summed E-state index contributed by atoms with van der Waals surface area (Å²) in [5.41, 5.74) is 0. The van der Waals surface area contributed by atoms with Crippen LogP contribution in [-0.4, -0.2) is 61.3 Å². The topological polar surface area (TPSA) is 27.7 Å². The predicted molar refractivity (Wildman–Crippen MR) is 75.5 cm³/mol. The van der Waals surface area contributed by atoms with E-state index in [9.17, 15) is 0 Å². The number of piperidine rings is 1. The molecule has 4 nitrogen and oxygen atoms in total. The van der Waals surface area contributed by atoms with Crippen LogP contribution in [0.15, 0.2) is 0 Å². The van der Waals surface area contributed by atoms with Gasteiger partial charge in [0.2, 0.25) is 0 Å². The summed E-state index contributed by atoms with van der Waals surface area (Å²) < 4.78 is 17.6. The van der Waals surface area contributed by atoms with E-state index in [1.54, 1.807) is 21.3 Å². The molecule has 1 saturated heterocycles. The van der Waals surface area contributed by atoms with E-state index in [2.05, 4.69) is 7.05 Å². The van der Waals surface area contributed by atoms with Crippen LogP contribution in [0.2, 0.25) is 6.04 Å². The molecule has 0 aromatic rings. The van der Waals surface area contributed by atoms with Gasteiger partial charge in [0.15, 0.2) is 0 Å². The van der Waals surface area contributed by atoms with E-state index < -0.39 is 8.80 Å². The molecular formula is C13H30NO3Si+. The van der Waals surface area contributed by atoms with Gasteiger partial charge in [-0.3, -0.25) is 0 Å². The molecule has 0 aromatic heterocycles. The van der Waals surface area contributed by atoms with Crippen LogP contribution >= 0.6 is 0 Å². The summed E-state index contributed by atoms with van der Waals surface area (Å²) in [5.74, 6) is 0. The molecule has 0 radical (unpaired) electrons. The highest BCUT2D eigenvalue weighted by Crippen LogP contribution is 2.20. The van der Waals surface area contributed by atoms with E-state index in [0.717, 1.165) is 12.5 Å². The molecular weight excluding hydrogens is 246 g/mol. The monoisotopic (exact) mass is 276 g/mol. The Morgan fingerprint density at radius 3 is 1.94 bits per heavy atom. The molecule has 0 amide bonds. The second kappa shape index (κ2) is 7.60. The number of unbranched alkanes of at least 4 members (excludes halogenated alkanes) is 1. The number of quaternary nitrogens is 1. The van der Waals surface area contributed by atoms with Crippen molar-refractivity contribution in [3.8, 4) is 0 Å². The number of likely N-dealkylation sites (tertiary alicyclic amines) is 1. The number of hydrogen-bond acceptors (Lipinski definition) is 3. The summed E-state index contributed by atoms with van der Waals surface area (Å²) in [6.07, 6.45) is 6.57. The maximum atomic E-state index is 5.44. The van der Waals surface area contributed by atoms with Crippen LogP contribution in [0.4, 0.5) is 0 Å². The quantitative estimate of drug-likeness (QED) is 0.387. The van der Waals surface area contributed by atoms with E-state index in [1.165, 1.54) is 49.8 Å². The van der Waals surface area contributed by atoms with Gasteiger partial charge in [-0.05, 0) is 32.1 Å². The van der Waals surface area contributed by atoms with Crippen molar-refractivity contribution in [2.75, 3.05) is 48.0 Å². The average molecular weight is 276 g/mol. The van der Waals surface area contributed by atoms with Crippen LogP contribution < -0.4 is 0 Å². The number of nitrogens with zero attached hydrogens (tertiary/aromatic N) is 1. The Balaban J connectivity index is 2.24. The van der Waals surface area contributed by atoms with Crippen molar-refractivity contribution in [2.24, 2.45) is 0 Å². The van der Waals surface area contributed by atoms with Crippen LogP contribution in [0.1, 0.15) is 32.1 Å². The molecule has 1 fully saturated rings. The van der Waals surface area contributed by atoms with E-state index in [0.29, 0.717) is 0 Å². The van der Waals surface area contributed by atoms with Crippen LogP contribution in [0, 0.1) is 0 Å². The highest BCUT2D eigenvalue weighted by molar-refractivity contribution is 6.60. The van der Waals surface area contributed by atoms with Crippen molar-refractivity contribution in [3.05, 3.63) is 0 Å². The SMILES string of the molecule is CO[Si](CCCC[N+]1(C)CCCCC1)(OC)OC. The molecule has 1 aliphatic rings. The normalized spacial score (nSPS) is 20.0. The van der Waals surface area contributed by atoms with Gasteiger partial charge >= 0.3 is 8.80 Å². The first kappa shape index (κ1) is 16.1. The van der Waals surface area contributed by atoms with Gasteiger partial charge in [-0.1, -0.05) is 0 Å². The van der Waals surface area contributed by atoms with Gasteiger partial charge in [0.1, 0.15) is 0 Å². The lowest BCUT2D eigenvalue weighted by molar-refractivity contribution is -0.914. The lowest BCUT2D eigenvalue weighted by Gasteiger charge is -2.38. The summed E-state index contributed by atoms with van der Waals surface area (Å²) in [5, 5.41) is 0. The third kappa shape index (κ3) is 4.62. The van der Waals surface area contributed by atoms with Gasteiger partial charge in [0.25, 0.3) is 0 Å². The summed E-state index contributed by atoms with van der Waals surface area (Å²) in [6.45, 7) is 3.98. The number of hydrogen-bond donors (Lipinski definition) is 0. The molecule has 1 rings (SSSR count). The lowest BCUT2D eigenvalue weighted by Crippen LogP contribution is -2.48. The molecule has 0 bridgehead atoms. The molecule has 108 valence electrons. The third-order valence-corrected chi connectivity index (χ3v) is 7.09. The van der Waals surface area contributed by atoms with Crippen molar-refractivity contribution < 1.29 is 17.8 Å². The first-order chi connectivity index (χ1) is 8.60. The Morgan fingerprint density at radius 1 is 0.889 bits per heavy atom. The highest BCUT2D eigenvalue weighted by Gasteiger charge is 2.37. The highest BCUT2D eigenvalue weighted by atomic mass is 28.4. The average Bonchev–Trinajstić information content (AvgIpc) is 2.41. The second-order valence-electron chi connectivity index (χ2n) is 5.60. The third-order valence-electron chi connectivity index (χ3n) is 4.26. The zero-order valence-corrected chi connectivity index (χ0v) is 13.5. The molecule has 0 unspecified atom stereocenters. The minimum atomic E-state index is -2.34. The van der Waals surface area contributed by atoms with Crippen molar-refractivity contribution >= 4 is 8.80 Å². The Labute approximate surface area is 113 Å². The Morgan fingerprint density at radius 2 is 1.44 bits per heavy atom. The molecule has 1 aliphatic heterocycles. The van der Waals surface area contributed by atoms with E-state index in [-0.39, 0.29) is 0 Å². The first-order valence-corrected chi connectivity index (χ1v) is 9.02.